The van der Waals surface area contributed by atoms with Crippen LogP contribution < -0.4 is 10.2 Å². The zero-order valence-corrected chi connectivity index (χ0v) is 11.1. The van der Waals surface area contributed by atoms with Crippen molar-refractivity contribution in [2.24, 2.45) is 0 Å². The predicted molar refractivity (Wildman–Crippen MR) is 76.0 cm³/mol. The molecule has 0 amide bonds. The summed E-state index contributed by atoms with van der Waals surface area (Å²) >= 11 is 0. The van der Waals surface area contributed by atoms with Gasteiger partial charge in [-0.1, -0.05) is 24.3 Å². The Kier molecular flexibility index (Phi) is 4.79. The number of hydrogen-bond donors (Lipinski definition) is 1. The summed E-state index contributed by atoms with van der Waals surface area (Å²) in [6.07, 6.45) is 0. The van der Waals surface area contributed by atoms with E-state index in [2.05, 4.69) is 41.1 Å². The van der Waals surface area contributed by atoms with Crippen molar-refractivity contribution in [2.75, 3.05) is 37.7 Å². The Balaban J connectivity index is 1.86. The molecule has 1 N–H and O–H groups in total. The quantitative estimate of drug-likeness (QED) is 0.806. The van der Waals surface area contributed by atoms with E-state index in [1.165, 1.54) is 16.8 Å². The van der Waals surface area contributed by atoms with Crippen LogP contribution in [0.1, 0.15) is 12.5 Å². The molecule has 1 aliphatic rings. The van der Waals surface area contributed by atoms with Crippen molar-refractivity contribution in [1.29, 1.82) is 0 Å². The summed E-state index contributed by atoms with van der Waals surface area (Å²) in [5.41, 5.74) is 3.77. The largest absolute Gasteiger partial charge is 0.378 e. The first-order valence-electron chi connectivity index (χ1n) is 6.52. The molecule has 1 aromatic carbocycles. The number of nitrogens with zero attached hydrogens (tertiary/aromatic N) is 1. The first-order chi connectivity index (χ1) is 8.75. The number of hydrogen-bond acceptors (Lipinski definition) is 3. The van der Waals surface area contributed by atoms with Gasteiger partial charge in [-0.25, -0.2) is 0 Å². The standard InChI is InChI=1S/C15H22N2O/c1-13(2)11-16-12-14-3-5-15(6-4-14)17-7-9-18-10-8-17/h3-6,16H,1,7-12H2,2H3. The van der Waals surface area contributed by atoms with Gasteiger partial charge in [0.2, 0.25) is 0 Å². The van der Waals surface area contributed by atoms with Gasteiger partial charge in [-0.15, -0.1) is 0 Å². The average molecular weight is 246 g/mol. The molecule has 1 heterocycles. The summed E-state index contributed by atoms with van der Waals surface area (Å²) in [5, 5.41) is 3.37. The second-order valence-electron chi connectivity index (χ2n) is 4.83. The lowest BCUT2D eigenvalue weighted by Gasteiger charge is -2.28. The van der Waals surface area contributed by atoms with Crippen LogP contribution >= 0.6 is 0 Å². The molecule has 0 spiro atoms. The molecule has 0 aromatic heterocycles. The Morgan fingerprint density at radius 1 is 1.28 bits per heavy atom. The smallest absolute Gasteiger partial charge is 0.0642 e. The van der Waals surface area contributed by atoms with Crippen molar-refractivity contribution in [1.82, 2.24) is 5.32 Å². The van der Waals surface area contributed by atoms with Gasteiger partial charge in [0.05, 0.1) is 13.2 Å². The van der Waals surface area contributed by atoms with Gasteiger partial charge in [-0.3, -0.25) is 0 Å². The third-order valence-electron chi connectivity index (χ3n) is 3.07. The van der Waals surface area contributed by atoms with E-state index in [1.807, 2.05) is 6.92 Å². The molecule has 1 aromatic rings. The van der Waals surface area contributed by atoms with Crippen molar-refractivity contribution >= 4 is 5.69 Å². The highest BCUT2D eigenvalue weighted by atomic mass is 16.5. The van der Waals surface area contributed by atoms with Gasteiger partial charge < -0.3 is 15.0 Å². The summed E-state index contributed by atoms with van der Waals surface area (Å²) in [7, 11) is 0. The lowest BCUT2D eigenvalue weighted by atomic mass is 10.2. The molecule has 0 atom stereocenters. The fraction of sp³-hybridized carbons (Fsp3) is 0.467. The minimum atomic E-state index is 0.835. The lowest BCUT2D eigenvalue weighted by Crippen LogP contribution is -2.36. The van der Waals surface area contributed by atoms with Crippen LogP contribution in [0.4, 0.5) is 5.69 Å². The normalized spacial score (nSPS) is 15.7. The number of benzene rings is 1. The van der Waals surface area contributed by atoms with E-state index >= 15 is 0 Å². The second kappa shape index (κ2) is 6.57. The van der Waals surface area contributed by atoms with Crippen molar-refractivity contribution in [3.63, 3.8) is 0 Å². The van der Waals surface area contributed by atoms with Crippen molar-refractivity contribution in [3.05, 3.63) is 42.0 Å². The van der Waals surface area contributed by atoms with Gasteiger partial charge in [0.15, 0.2) is 0 Å². The topological polar surface area (TPSA) is 24.5 Å². The van der Waals surface area contributed by atoms with Gasteiger partial charge in [-0.2, -0.15) is 0 Å². The number of nitrogens with one attached hydrogen (secondary N) is 1. The molecule has 0 bridgehead atoms. The third kappa shape index (κ3) is 3.86. The third-order valence-corrected chi connectivity index (χ3v) is 3.07. The van der Waals surface area contributed by atoms with Gasteiger partial charge in [-0.05, 0) is 24.6 Å². The molecule has 2 rings (SSSR count). The van der Waals surface area contributed by atoms with Crippen LogP contribution in [0.2, 0.25) is 0 Å². The summed E-state index contributed by atoms with van der Waals surface area (Å²) in [4.78, 5) is 2.37. The molecular weight excluding hydrogens is 224 g/mol. The Morgan fingerprint density at radius 3 is 2.56 bits per heavy atom. The number of anilines is 1. The highest BCUT2D eigenvalue weighted by molar-refractivity contribution is 5.47. The Labute approximate surface area is 109 Å². The zero-order chi connectivity index (χ0) is 12.8. The molecule has 1 aliphatic heterocycles. The minimum Gasteiger partial charge on any atom is -0.378 e. The maximum atomic E-state index is 5.36. The lowest BCUT2D eigenvalue weighted by molar-refractivity contribution is 0.122. The fourth-order valence-electron chi connectivity index (χ4n) is 2.07. The summed E-state index contributed by atoms with van der Waals surface area (Å²) in [6, 6.07) is 8.78. The summed E-state index contributed by atoms with van der Waals surface area (Å²) in [6.45, 7) is 11.4. The van der Waals surface area contributed by atoms with E-state index in [-0.39, 0.29) is 0 Å². The van der Waals surface area contributed by atoms with Gasteiger partial charge in [0, 0.05) is 31.9 Å². The minimum absolute atomic E-state index is 0.835. The van der Waals surface area contributed by atoms with E-state index in [1.54, 1.807) is 0 Å². The van der Waals surface area contributed by atoms with Gasteiger partial charge >= 0.3 is 0 Å². The molecule has 98 valence electrons. The molecular formula is C15H22N2O. The fourth-order valence-corrected chi connectivity index (χ4v) is 2.07. The summed E-state index contributed by atoms with van der Waals surface area (Å²) < 4.78 is 5.36. The van der Waals surface area contributed by atoms with Crippen molar-refractivity contribution < 1.29 is 4.74 Å². The van der Waals surface area contributed by atoms with Crippen molar-refractivity contribution in [3.8, 4) is 0 Å². The molecule has 0 aliphatic carbocycles. The van der Waals surface area contributed by atoms with Crippen LogP contribution in [0, 0.1) is 0 Å². The van der Waals surface area contributed by atoms with E-state index < -0.39 is 0 Å². The van der Waals surface area contributed by atoms with E-state index in [0.29, 0.717) is 0 Å². The van der Waals surface area contributed by atoms with E-state index in [9.17, 15) is 0 Å². The maximum absolute atomic E-state index is 5.36. The van der Waals surface area contributed by atoms with Gasteiger partial charge in [0.1, 0.15) is 0 Å². The number of morpholine rings is 1. The Morgan fingerprint density at radius 2 is 1.94 bits per heavy atom. The number of rotatable bonds is 5. The van der Waals surface area contributed by atoms with E-state index in [0.717, 1.165) is 39.4 Å². The molecule has 0 saturated carbocycles. The molecule has 0 unspecified atom stereocenters. The number of ether oxygens (including phenoxy) is 1. The molecule has 18 heavy (non-hydrogen) atoms. The van der Waals surface area contributed by atoms with Crippen LogP contribution in [0.5, 0.6) is 0 Å². The molecule has 3 heteroatoms. The first-order valence-corrected chi connectivity index (χ1v) is 6.52. The molecule has 3 nitrogen and oxygen atoms in total. The first kappa shape index (κ1) is 13.1. The monoisotopic (exact) mass is 246 g/mol. The molecule has 0 radical (unpaired) electrons. The van der Waals surface area contributed by atoms with Crippen molar-refractivity contribution in [2.45, 2.75) is 13.5 Å². The SMILES string of the molecule is C=C(C)CNCc1ccc(N2CCOCC2)cc1. The van der Waals surface area contributed by atoms with Crippen LogP contribution in [0.3, 0.4) is 0 Å². The Hall–Kier alpha value is -1.32. The van der Waals surface area contributed by atoms with Crippen LogP contribution in [0.25, 0.3) is 0 Å². The average Bonchev–Trinajstić information content (AvgIpc) is 2.40. The zero-order valence-electron chi connectivity index (χ0n) is 11.1. The van der Waals surface area contributed by atoms with Crippen LogP contribution in [0.15, 0.2) is 36.4 Å². The molecule has 1 saturated heterocycles. The molecule has 1 fully saturated rings. The van der Waals surface area contributed by atoms with Crippen LogP contribution in [-0.4, -0.2) is 32.8 Å². The van der Waals surface area contributed by atoms with E-state index in [4.69, 9.17) is 4.74 Å². The Bertz CT molecular complexity index is 380. The summed E-state index contributed by atoms with van der Waals surface area (Å²) in [5.74, 6) is 0. The highest BCUT2D eigenvalue weighted by Crippen LogP contribution is 2.16. The second-order valence-corrected chi connectivity index (χ2v) is 4.83. The highest BCUT2D eigenvalue weighted by Gasteiger charge is 2.10. The van der Waals surface area contributed by atoms with Crippen LogP contribution in [-0.2, 0) is 11.3 Å². The maximum Gasteiger partial charge on any atom is 0.0642 e. The predicted octanol–water partition coefficient (Wildman–Crippen LogP) is 2.19. The van der Waals surface area contributed by atoms with Gasteiger partial charge in [0.25, 0.3) is 0 Å².